The first kappa shape index (κ1) is 11.2. The Hall–Kier alpha value is -1.88. The van der Waals surface area contributed by atoms with Crippen molar-refractivity contribution >= 4 is 33.5 Å². The van der Waals surface area contributed by atoms with Gasteiger partial charge in [-0.3, -0.25) is 0 Å². The van der Waals surface area contributed by atoms with Crippen molar-refractivity contribution in [3.63, 3.8) is 0 Å². The number of hydrogen-bond donors (Lipinski definition) is 2. The average molecular weight is 259 g/mol. The van der Waals surface area contributed by atoms with Crippen molar-refractivity contribution in [3.05, 3.63) is 35.0 Å². The standard InChI is InChI=1S/C13H14N4S/c1-7(2)12-17-10-11(14)15-8-5-3-4-6-9(8)16-13(10)18-12/h3-7,16H,1-2H3,(H2,14,15)/p+1. The average Bonchev–Trinajstić information content (AvgIpc) is 2.71. The molecule has 18 heavy (non-hydrogen) atoms. The highest BCUT2D eigenvalue weighted by Gasteiger charge is 2.26. The molecule has 3 rings (SSSR count). The van der Waals surface area contributed by atoms with Crippen LogP contribution in [0, 0.1) is 0 Å². The van der Waals surface area contributed by atoms with Crippen LogP contribution in [-0.2, 0) is 0 Å². The number of amidine groups is 1. The van der Waals surface area contributed by atoms with E-state index >= 15 is 0 Å². The van der Waals surface area contributed by atoms with Crippen LogP contribution >= 0.6 is 11.3 Å². The molecule has 4 N–H and O–H groups in total. The van der Waals surface area contributed by atoms with Crippen molar-refractivity contribution in [3.8, 4) is 0 Å². The van der Waals surface area contributed by atoms with Gasteiger partial charge in [-0.1, -0.05) is 26.0 Å². The largest absolute Gasteiger partial charge is 0.378 e. The van der Waals surface area contributed by atoms with E-state index in [9.17, 15) is 0 Å². The van der Waals surface area contributed by atoms with Gasteiger partial charge in [0.25, 0.3) is 5.69 Å². The van der Waals surface area contributed by atoms with Gasteiger partial charge in [-0.2, -0.15) is 4.98 Å². The molecule has 1 aromatic heterocycles. The van der Waals surface area contributed by atoms with E-state index < -0.39 is 0 Å². The fourth-order valence-electron chi connectivity index (χ4n) is 1.88. The summed E-state index contributed by atoms with van der Waals surface area (Å²) in [5, 5.41) is 5.63. The number of H-pyrrole nitrogens is 1. The minimum Gasteiger partial charge on any atom is -0.378 e. The fraction of sp³-hybridized carbons (Fsp3) is 0.231. The molecular weight excluding hydrogens is 244 g/mol. The predicted octanol–water partition coefficient (Wildman–Crippen LogP) is 2.78. The number of fused-ring (bicyclic) bond motifs is 2. The first-order valence-corrected chi connectivity index (χ1v) is 6.73. The molecule has 4 nitrogen and oxygen atoms in total. The monoisotopic (exact) mass is 259 g/mol. The molecule has 0 saturated carbocycles. The number of nitrogens with one attached hydrogen (secondary N) is 2. The summed E-state index contributed by atoms with van der Waals surface area (Å²) in [6.45, 7) is 4.31. The number of para-hydroxylation sites is 2. The zero-order valence-electron chi connectivity index (χ0n) is 10.3. The molecule has 0 amide bonds. The van der Waals surface area contributed by atoms with Crippen molar-refractivity contribution < 1.29 is 4.98 Å². The molecule has 0 saturated heterocycles. The molecule has 0 fully saturated rings. The van der Waals surface area contributed by atoms with E-state index in [0.717, 1.165) is 22.1 Å². The molecule has 1 aromatic carbocycles. The van der Waals surface area contributed by atoms with Crippen LogP contribution < -0.4 is 16.0 Å². The van der Waals surface area contributed by atoms with E-state index in [4.69, 9.17) is 5.73 Å². The van der Waals surface area contributed by atoms with Crippen molar-refractivity contribution in [2.75, 3.05) is 5.32 Å². The number of benzene rings is 1. The molecule has 0 atom stereocenters. The number of thiazole rings is 1. The van der Waals surface area contributed by atoms with Gasteiger partial charge in [0.15, 0.2) is 5.00 Å². The third-order valence-corrected chi connectivity index (χ3v) is 4.16. The Morgan fingerprint density at radius 3 is 2.89 bits per heavy atom. The number of nitrogens with zero attached hydrogens (tertiary/aromatic N) is 1. The summed E-state index contributed by atoms with van der Waals surface area (Å²) < 4.78 is 0. The second-order valence-electron chi connectivity index (χ2n) is 4.59. The minimum atomic E-state index is 0.451. The Morgan fingerprint density at radius 2 is 2.11 bits per heavy atom. The van der Waals surface area contributed by atoms with Crippen molar-refractivity contribution in [2.24, 2.45) is 10.7 Å². The molecule has 0 spiro atoms. The van der Waals surface area contributed by atoms with Crippen LogP contribution in [0.15, 0.2) is 29.3 Å². The van der Waals surface area contributed by atoms with E-state index in [1.807, 2.05) is 24.3 Å². The number of rotatable bonds is 1. The molecule has 0 radical (unpaired) electrons. The number of anilines is 2. The van der Waals surface area contributed by atoms with Gasteiger partial charge >= 0.3 is 0 Å². The van der Waals surface area contributed by atoms with E-state index in [1.54, 1.807) is 11.3 Å². The Bertz CT molecular complexity index is 628. The smallest absolute Gasteiger partial charge is 0.281 e. The quantitative estimate of drug-likeness (QED) is 0.827. The van der Waals surface area contributed by atoms with E-state index in [2.05, 4.69) is 29.1 Å². The summed E-state index contributed by atoms with van der Waals surface area (Å²) in [6.07, 6.45) is 0. The third kappa shape index (κ3) is 1.76. The number of aromatic nitrogens is 1. The molecule has 0 aliphatic carbocycles. The Morgan fingerprint density at radius 1 is 1.33 bits per heavy atom. The predicted molar refractivity (Wildman–Crippen MR) is 75.1 cm³/mol. The maximum absolute atomic E-state index is 6.06. The molecule has 5 heteroatoms. The van der Waals surface area contributed by atoms with Gasteiger partial charge in [0, 0.05) is 5.92 Å². The summed E-state index contributed by atoms with van der Waals surface area (Å²) in [5.74, 6) is 0.984. The van der Waals surface area contributed by atoms with Gasteiger partial charge < -0.3 is 11.1 Å². The first-order valence-electron chi connectivity index (χ1n) is 5.91. The number of hydrogen-bond acceptors (Lipinski definition) is 4. The van der Waals surface area contributed by atoms with Crippen molar-refractivity contribution in [1.82, 2.24) is 0 Å². The van der Waals surface area contributed by atoms with Crippen LogP contribution in [0.1, 0.15) is 30.5 Å². The molecule has 2 heterocycles. The summed E-state index contributed by atoms with van der Waals surface area (Å²) >= 11 is 1.70. The number of aliphatic imine (C=N–C) groups is 1. The van der Waals surface area contributed by atoms with Crippen LogP contribution in [0.2, 0.25) is 0 Å². The second-order valence-corrected chi connectivity index (χ2v) is 5.64. The Labute approximate surface area is 110 Å². The number of nitrogens with two attached hydrogens (primary N) is 1. The maximum Gasteiger partial charge on any atom is 0.281 e. The molecule has 92 valence electrons. The van der Waals surface area contributed by atoms with Crippen LogP contribution in [-0.4, -0.2) is 5.84 Å². The minimum absolute atomic E-state index is 0.451. The normalized spacial score (nSPS) is 13.4. The lowest BCUT2D eigenvalue weighted by Crippen LogP contribution is -2.23. The fourth-order valence-corrected chi connectivity index (χ4v) is 2.91. The molecule has 0 bridgehead atoms. The van der Waals surface area contributed by atoms with Gasteiger partial charge in [0.2, 0.25) is 10.8 Å². The van der Waals surface area contributed by atoms with Gasteiger partial charge in [0.1, 0.15) is 0 Å². The van der Waals surface area contributed by atoms with E-state index in [-0.39, 0.29) is 0 Å². The van der Waals surface area contributed by atoms with Crippen molar-refractivity contribution in [1.29, 1.82) is 0 Å². The summed E-state index contributed by atoms with van der Waals surface area (Å²) in [5.41, 5.74) is 8.81. The third-order valence-electron chi connectivity index (χ3n) is 2.86. The highest BCUT2D eigenvalue weighted by molar-refractivity contribution is 7.15. The SMILES string of the molecule is CC(C)c1[nH+]c2c(s1)Nc1ccccc1N=C2N. The summed E-state index contributed by atoms with van der Waals surface area (Å²) in [7, 11) is 0. The zero-order valence-corrected chi connectivity index (χ0v) is 11.1. The Balaban J connectivity index is 2.15. The number of aromatic amines is 1. The van der Waals surface area contributed by atoms with Gasteiger partial charge in [-0.05, 0) is 23.5 Å². The van der Waals surface area contributed by atoms with E-state index in [1.165, 1.54) is 5.01 Å². The molecule has 0 unspecified atom stereocenters. The van der Waals surface area contributed by atoms with Gasteiger partial charge in [-0.15, -0.1) is 0 Å². The van der Waals surface area contributed by atoms with Gasteiger partial charge in [0.05, 0.1) is 11.4 Å². The second kappa shape index (κ2) is 4.10. The highest BCUT2D eigenvalue weighted by Crippen LogP contribution is 2.35. The van der Waals surface area contributed by atoms with E-state index in [0.29, 0.717) is 11.8 Å². The van der Waals surface area contributed by atoms with Crippen molar-refractivity contribution in [2.45, 2.75) is 19.8 Å². The first-order chi connectivity index (χ1) is 8.65. The molecule has 1 aliphatic rings. The zero-order chi connectivity index (χ0) is 12.7. The van der Waals surface area contributed by atoms with Crippen LogP contribution in [0.5, 0.6) is 0 Å². The highest BCUT2D eigenvalue weighted by atomic mass is 32.1. The summed E-state index contributed by atoms with van der Waals surface area (Å²) in [6, 6.07) is 7.91. The topological polar surface area (TPSA) is 64.5 Å². The molecular formula is C13H15N4S+. The van der Waals surface area contributed by atoms with Gasteiger partial charge in [-0.25, -0.2) is 4.99 Å². The lowest BCUT2D eigenvalue weighted by molar-refractivity contribution is -0.385. The lowest BCUT2D eigenvalue weighted by atomic mass is 10.2. The molecule has 2 aromatic rings. The van der Waals surface area contributed by atoms with Crippen LogP contribution in [0.25, 0.3) is 0 Å². The molecule has 1 aliphatic heterocycles. The lowest BCUT2D eigenvalue weighted by Gasteiger charge is -2.02. The van der Waals surface area contributed by atoms with Crippen LogP contribution in [0.3, 0.4) is 0 Å². The summed E-state index contributed by atoms with van der Waals surface area (Å²) in [4.78, 5) is 7.82. The van der Waals surface area contributed by atoms with Crippen LogP contribution in [0.4, 0.5) is 16.4 Å². The Kier molecular flexibility index (Phi) is 2.56. The maximum atomic E-state index is 6.06.